The van der Waals surface area contributed by atoms with Crippen molar-refractivity contribution >= 4 is 25.8 Å². The fourth-order valence-electron chi connectivity index (χ4n) is 2.70. The molecule has 0 radical (unpaired) electrons. The predicted molar refractivity (Wildman–Crippen MR) is 98.1 cm³/mol. The maximum Gasteiger partial charge on any atom is 0.154 e. The second-order valence-corrected chi connectivity index (χ2v) is 9.78. The third-order valence-electron chi connectivity index (χ3n) is 4.13. The molecular formula is C17H35BrO2S. The second kappa shape index (κ2) is 12.9. The summed E-state index contributed by atoms with van der Waals surface area (Å²) in [6, 6.07) is 0. The lowest BCUT2D eigenvalue weighted by Gasteiger charge is -2.18. The summed E-state index contributed by atoms with van der Waals surface area (Å²) in [4.78, 5) is 0.129. The van der Waals surface area contributed by atoms with Gasteiger partial charge in [-0.2, -0.15) is 0 Å². The molecule has 0 aromatic carbocycles. The summed E-state index contributed by atoms with van der Waals surface area (Å²) in [5.74, 6) is 0.311. The van der Waals surface area contributed by atoms with Gasteiger partial charge in [-0.05, 0) is 19.3 Å². The Labute approximate surface area is 141 Å². The Kier molecular flexibility index (Phi) is 13.2. The number of sulfone groups is 1. The minimum absolute atomic E-state index is 0.129. The number of hydrogen-bond donors (Lipinski definition) is 0. The van der Waals surface area contributed by atoms with Gasteiger partial charge in [0.05, 0.1) is 11.0 Å². The van der Waals surface area contributed by atoms with Crippen molar-refractivity contribution in [1.29, 1.82) is 0 Å². The topological polar surface area (TPSA) is 34.1 Å². The van der Waals surface area contributed by atoms with Crippen LogP contribution < -0.4 is 0 Å². The van der Waals surface area contributed by atoms with Crippen molar-refractivity contribution < 1.29 is 8.42 Å². The lowest BCUT2D eigenvalue weighted by molar-refractivity contribution is 0.544. The minimum atomic E-state index is -2.95. The van der Waals surface area contributed by atoms with Crippen LogP contribution in [0.4, 0.5) is 0 Å². The van der Waals surface area contributed by atoms with Crippen molar-refractivity contribution in [3.63, 3.8) is 0 Å². The average Bonchev–Trinajstić information content (AvgIpc) is 2.43. The summed E-state index contributed by atoms with van der Waals surface area (Å²) in [7, 11) is -2.95. The van der Waals surface area contributed by atoms with Crippen molar-refractivity contribution in [3.8, 4) is 0 Å². The van der Waals surface area contributed by atoms with Crippen molar-refractivity contribution in [2.75, 3.05) is 5.75 Å². The predicted octanol–water partition coefficient (Wildman–Crippen LogP) is 5.88. The van der Waals surface area contributed by atoms with E-state index in [-0.39, 0.29) is 10.1 Å². The van der Waals surface area contributed by atoms with E-state index in [9.17, 15) is 8.42 Å². The van der Waals surface area contributed by atoms with Crippen LogP contribution in [0.2, 0.25) is 0 Å². The van der Waals surface area contributed by atoms with Gasteiger partial charge in [0.25, 0.3) is 0 Å². The highest BCUT2D eigenvalue weighted by atomic mass is 79.9. The van der Waals surface area contributed by atoms with E-state index < -0.39 is 9.84 Å². The van der Waals surface area contributed by atoms with Crippen LogP contribution in [-0.2, 0) is 9.84 Å². The van der Waals surface area contributed by atoms with Gasteiger partial charge in [-0.15, -0.1) is 0 Å². The van der Waals surface area contributed by atoms with Crippen LogP contribution in [0.15, 0.2) is 0 Å². The van der Waals surface area contributed by atoms with Crippen molar-refractivity contribution in [2.45, 2.75) is 101 Å². The number of alkyl halides is 1. The fraction of sp³-hybridized carbons (Fsp3) is 1.00. The monoisotopic (exact) mass is 382 g/mol. The smallest absolute Gasteiger partial charge is 0.154 e. The molecule has 0 aromatic rings. The molecule has 0 aliphatic heterocycles. The minimum Gasteiger partial charge on any atom is -0.229 e. The molecule has 0 amide bonds. The SMILES string of the molecule is CCCCCCC(Br)CS(=O)(=O)C(CC)CCCCCC. The molecular weight excluding hydrogens is 348 g/mol. The molecule has 0 fully saturated rings. The van der Waals surface area contributed by atoms with Gasteiger partial charge in [0, 0.05) is 4.83 Å². The van der Waals surface area contributed by atoms with E-state index >= 15 is 0 Å². The van der Waals surface area contributed by atoms with E-state index in [1.165, 1.54) is 32.1 Å². The quantitative estimate of drug-likeness (QED) is 0.277. The van der Waals surface area contributed by atoms with E-state index in [1.54, 1.807) is 0 Å². The molecule has 0 bridgehead atoms. The Bertz CT molecular complexity index is 328. The van der Waals surface area contributed by atoms with Gasteiger partial charge in [0.2, 0.25) is 0 Å². The van der Waals surface area contributed by atoms with E-state index in [2.05, 4.69) is 29.8 Å². The zero-order chi connectivity index (χ0) is 16.1. The zero-order valence-electron chi connectivity index (χ0n) is 14.2. The first kappa shape index (κ1) is 21.4. The Morgan fingerprint density at radius 1 is 0.810 bits per heavy atom. The maximum absolute atomic E-state index is 12.5. The van der Waals surface area contributed by atoms with E-state index in [0.717, 1.165) is 38.5 Å². The zero-order valence-corrected chi connectivity index (χ0v) is 16.6. The van der Waals surface area contributed by atoms with Crippen molar-refractivity contribution in [2.24, 2.45) is 0 Å². The Morgan fingerprint density at radius 3 is 1.81 bits per heavy atom. The van der Waals surface area contributed by atoms with Gasteiger partial charge in [-0.25, -0.2) is 8.42 Å². The molecule has 4 heteroatoms. The third kappa shape index (κ3) is 10.7. The van der Waals surface area contributed by atoms with Crippen LogP contribution in [0.5, 0.6) is 0 Å². The highest BCUT2D eigenvalue weighted by Gasteiger charge is 2.25. The molecule has 0 saturated heterocycles. The van der Waals surface area contributed by atoms with Crippen LogP contribution in [0.3, 0.4) is 0 Å². The molecule has 2 nitrogen and oxygen atoms in total. The lowest BCUT2D eigenvalue weighted by atomic mass is 10.1. The number of rotatable bonds is 14. The maximum atomic E-state index is 12.5. The fourth-order valence-corrected chi connectivity index (χ4v) is 6.11. The Balaban J connectivity index is 4.16. The molecule has 0 N–H and O–H groups in total. The molecule has 0 saturated carbocycles. The van der Waals surface area contributed by atoms with Gasteiger partial charge in [-0.3, -0.25) is 0 Å². The summed E-state index contributed by atoms with van der Waals surface area (Å²) in [6.07, 6.45) is 12.0. The molecule has 0 heterocycles. The van der Waals surface area contributed by atoms with Gasteiger partial charge in [-0.1, -0.05) is 88.1 Å². The number of halogens is 1. The van der Waals surface area contributed by atoms with Gasteiger partial charge in [0.1, 0.15) is 0 Å². The summed E-state index contributed by atoms with van der Waals surface area (Å²) in [6.45, 7) is 6.38. The van der Waals surface area contributed by atoms with Gasteiger partial charge in [0.15, 0.2) is 9.84 Å². The van der Waals surface area contributed by atoms with Crippen LogP contribution in [-0.4, -0.2) is 24.2 Å². The molecule has 0 aliphatic carbocycles. The molecule has 0 spiro atoms. The van der Waals surface area contributed by atoms with Crippen molar-refractivity contribution in [1.82, 2.24) is 0 Å². The summed E-state index contributed by atoms with van der Waals surface area (Å²) < 4.78 is 25.0. The number of hydrogen-bond acceptors (Lipinski definition) is 2. The van der Waals surface area contributed by atoms with Crippen LogP contribution in [0, 0.1) is 0 Å². The lowest BCUT2D eigenvalue weighted by Crippen LogP contribution is -2.27. The third-order valence-corrected chi connectivity index (χ3v) is 7.79. The first-order valence-electron chi connectivity index (χ1n) is 8.83. The first-order valence-corrected chi connectivity index (χ1v) is 11.5. The standard InChI is InChI=1S/C17H35BrO2S/c1-4-7-9-11-13-16(18)15-21(19,20)17(6-3)14-12-10-8-5-2/h16-17H,4-15H2,1-3H3. The normalized spacial score (nSPS) is 15.0. The highest BCUT2D eigenvalue weighted by molar-refractivity contribution is 9.09. The summed E-state index contributed by atoms with van der Waals surface area (Å²) in [5, 5.41) is -0.134. The summed E-state index contributed by atoms with van der Waals surface area (Å²) >= 11 is 3.58. The Morgan fingerprint density at radius 2 is 1.33 bits per heavy atom. The van der Waals surface area contributed by atoms with Gasteiger partial charge >= 0.3 is 0 Å². The van der Waals surface area contributed by atoms with Crippen LogP contribution in [0.1, 0.15) is 91.4 Å². The molecule has 21 heavy (non-hydrogen) atoms. The van der Waals surface area contributed by atoms with E-state index in [0.29, 0.717) is 5.75 Å². The second-order valence-electron chi connectivity index (χ2n) is 6.16. The van der Waals surface area contributed by atoms with Crippen molar-refractivity contribution in [3.05, 3.63) is 0 Å². The number of unbranched alkanes of at least 4 members (excludes halogenated alkanes) is 6. The molecule has 128 valence electrons. The highest BCUT2D eigenvalue weighted by Crippen LogP contribution is 2.21. The van der Waals surface area contributed by atoms with E-state index in [4.69, 9.17) is 0 Å². The average molecular weight is 383 g/mol. The molecule has 2 atom stereocenters. The first-order chi connectivity index (χ1) is 9.97. The molecule has 2 unspecified atom stereocenters. The molecule has 0 rings (SSSR count). The summed E-state index contributed by atoms with van der Waals surface area (Å²) in [5.41, 5.74) is 0. The van der Waals surface area contributed by atoms with E-state index in [1.807, 2.05) is 6.92 Å². The van der Waals surface area contributed by atoms with Crippen LogP contribution >= 0.6 is 15.9 Å². The van der Waals surface area contributed by atoms with Crippen LogP contribution in [0.25, 0.3) is 0 Å². The van der Waals surface area contributed by atoms with Gasteiger partial charge < -0.3 is 0 Å². The Hall–Kier alpha value is 0.430. The molecule has 0 aromatic heterocycles. The molecule has 0 aliphatic rings. The largest absolute Gasteiger partial charge is 0.229 e.